The second-order valence-electron chi connectivity index (χ2n) is 4.62. The van der Waals surface area contributed by atoms with Crippen molar-refractivity contribution < 1.29 is 0 Å². The molecule has 1 nitrogen and oxygen atoms in total. The Bertz CT molecular complexity index is 317. The summed E-state index contributed by atoms with van der Waals surface area (Å²) in [6.45, 7) is 2.36. The average molecular weight is 189 g/mol. The van der Waals surface area contributed by atoms with E-state index in [2.05, 4.69) is 50.2 Å². The molecule has 0 unspecified atom stereocenters. The summed E-state index contributed by atoms with van der Waals surface area (Å²) in [7, 11) is 4.37. The topological polar surface area (TPSA) is 3.24 Å². The predicted molar refractivity (Wildman–Crippen MR) is 60.4 cm³/mol. The highest BCUT2D eigenvalue weighted by Gasteiger charge is 2.27. The average Bonchev–Trinajstić information content (AvgIpc) is 2.17. The van der Waals surface area contributed by atoms with E-state index < -0.39 is 0 Å². The molecule has 1 aliphatic rings. The Balaban J connectivity index is 2.41. The molecule has 0 N–H and O–H groups in total. The van der Waals surface area contributed by atoms with Crippen LogP contribution in [0, 0.1) is 5.92 Å². The van der Waals surface area contributed by atoms with E-state index in [0.717, 1.165) is 5.92 Å². The van der Waals surface area contributed by atoms with Gasteiger partial charge in [-0.2, -0.15) is 0 Å². The van der Waals surface area contributed by atoms with E-state index in [0.29, 0.717) is 6.04 Å². The molecule has 1 heteroatoms. The smallest absolute Gasteiger partial charge is 0.0370 e. The molecule has 1 aromatic carbocycles. The van der Waals surface area contributed by atoms with Crippen LogP contribution in [0.2, 0.25) is 0 Å². The van der Waals surface area contributed by atoms with Crippen molar-refractivity contribution in [2.24, 2.45) is 5.92 Å². The molecule has 1 aromatic rings. The van der Waals surface area contributed by atoms with Crippen molar-refractivity contribution in [3.8, 4) is 0 Å². The number of benzene rings is 1. The van der Waals surface area contributed by atoms with Gasteiger partial charge in [0, 0.05) is 6.04 Å². The Hall–Kier alpha value is -0.820. The summed E-state index contributed by atoms with van der Waals surface area (Å²) in [6.07, 6.45) is 2.57. The first-order valence-electron chi connectivity index (χ1n) is 5.44. The van der Waals surface area contributed by atoms with Gasteiger partial charge in [0.05, 0.1) is 0 Å². The fourth-order valence-corrected chi connectivity index (χ4v) is 2.69. The summed E-state index contributed by atoms with van der Waals surface area (Å²) in [4.78, 5) is 2.35. The van der Waals surface area contributed by atoms with E-state index in [1.807, 2.05) is 0 Å². The second kappa shape index (κ2) is 3.74. The number of rotatable bonds is 1. The van der Waals surface area contributed by atoms with Gasteiger partial charge < -0.3 is 4.90 Å². The monoisotopic (exact) mass is 189 g/mol. The molecular weight excluding hydrogens is 170 g/mol. The molecule has 0 spiro atoms. The molecular formula is C13H19N. The van der Waals surface area contributed by atoms with Crippen molar-refractivity contribution in [2.45, 2.75) is 25.8 Å². The van der Waals surface area contributed by atoms with Gasteiger partial charge in [-0.15, -0.1) is 0 Å². The van der Waals surface area contributed by atoms with Crippen LogP contribution in [0.4, 0.5) is 0 Å². The van der Waals surface area contributed by atoms with Crippen LogP contribution in [0.3, 0.4) is 0 Å². The molecule has 0 radical (unpaired) electrons. The van der Waals surface area contributed by atoms with Gasteiger partial charge >= 0.3 is 0 Å². The first kappa shape index (κ1) is 9.72. The Morgan fingerprint density at radius 2 is 1.93 bits per heavy atom. The quantitative estimate of drug-likeness (QED) is 0.656. The minimum absolute atomic E-state index is 0.611. The molecule has 0 heterocycles. The third-order valence-electron chi connectivity index (χ3n) is 3.34. The first-order chi connectivity index (χ1) is 6.70. The van der Waals surface area contributed by atoms with Gasteiger partial charge in [-0.05, 0) is 44.0 Å². The van der Waals surface area contributed by atoms with Crippen LogP contribution >= 0.6 is 0 Å². The number of hydrogen-bond donors (Lipinski definition) is 0. The van der Waals surface area contributed by atoms with Crippen molar-refractivity contribution in [1.82, 2.24) is 4.90 Å². The standard InChI is InChI=1S/C13H19N/c1-10-8-9-11-6-4-5-7-12(11)13(10)14(2)3/h4-7,10,13H,8-9H2,1-3H3/t10-,13-/m1/s1. The van der Waals surface area contributed by atoms with Gasteiger partial charge in [0.2, 0.25) is 0 Å². The molecule has 0 aliphatic heterocycles. The lowest BCUT2D eigenvalue weighted by atomic mass is 9.80. The summed E-state index contributed by atoms with van der Waals surface area (Å²) in [5.74, 6) is 0.778. The SMILES string of the molecule is C[C@@H]1CCc2ccccc2[C@@H]1N(C)C. The maximum Gasteiger partial charge on any atom is 0.0370 e. The van der Waals surface area contributed by atoms with E-state index >= 15 is 0 Å². The first-order valence-corrected chi connectivity index (χ1v) is 5.44. The lowest BCUT2D eigenvalue weighted by Crippen LogP contribution is -2.30. The lowest BCUT2D eigenvalue weighted by Gasteiger charge is -2.36. The largest absolute Gasteiger partial charge is 0.302 e. The highest BCUT2D eigenvalue weighted by molar-refractivity contribution is 5.32. The molecule has 0 aromatic heterocycles. The van der Waals surface area contributed by atoms with Crippen molar-refractivity contribution in [3.05, 3.63) is 35.4 Å². The summed E-state index contributed by atoms with van der Waals surface area (Å²) >= 11 is 0. The van der Waals surface area contributed by atoms with Crippen LogP contribution in [0.1, 0.15) is 30.5 Å². The Morgan fingerprint density at radius 1 is 1.21 bits per heavy atom. The molecule has 0 saturated carbocycles. The predicted octanol–water partition coefficient (Wildman–Crippen LogP) is 2.87. The number of fused-ring (bicyclic) bond motifs is 1. The van der Waals surface area contributed by atoms with Gasteiger partial charge in [-0.25, -0.2) is 0 Å². The zero-order valence-corrected chi connectivity index (χ0v) is 9.33. The Kier molecular flexibility index (Phi) is 2.60. The number of hydrogen-bond acceptors (Lipinski definition) is 1. The second-order valence-corrected chi connectivity index (χ2v) is 4.62. The van der Waals surface area contributed by atoms with Crippen LogP contribution < -0.4 is 0 Å². The number of aryl methyl sites for hydroxylation is 1. The minimum atomic E-state index is 0.611. The lowest BCUT2D eigenvalue weighted by molar-refractivity contribution is 0.203. The van der Waals surface area contributed by atoms with E-state index in [-0.39, 0.29) is 0 Å². The highest BCUT2D eigenvalue weighted by Crippen LogP contribution is 2.36. The summed E-state index contributed by atoms with van der Waals surface area (Å²) in [5.41, 5.74) is 3.08. The maximum atomic E-state index is 2.36. The van der Waals surface area contributed by atoms with E-state index in [1.165, 1.54) is 18.4 Å². The summed E-state index contributed by atoms with van der Waals surface area (Å²) < 4.78 is 0. The molecule has 0 fully saturated rings. The van der Waals surface area contributed by atoms with Crippen molar-refractivity contribution in [3.63, 3.8) is 0 Å². The minimum Gasteiger partial charge on any atom is -0.302 e. The zero-order valence-electron chi connectivity index (χ0n) is 9.33. The third-order valence-corrected chi connectivity index (χ3v) is 3.34. The summed E-state index contributed by atoms with van der Waals surface area (Å²) in [5, 5.41) is 0. The van der Waals surface area contributed by atoms with Crippen LogP contribution in [0.25, 0.3) is 0 Å². The number of nitrogens with zero attached hydrogens (tertiary/aromatic N) is 1. The molecule has 2 atom stereocenters. The third kappa shape index (κ3) is 1.57. The van der Waals surface area contributed by atoms with Crippen LogP contribution in [0.15, 0.2) is 24.3 Å². The normalized spacial score (nSPS) is 26.3. The molecule has 76 valence electrons. The molecule has 0 saturated heterocycles. The van der Waals surface area contributed by atoms with E-state index in [9.17, 15) is 0 Å². The fraction of sp³-hybridized carbons (Fsp3) is 0.538. The van der Waals surface area contributed by atoms with Gasteiger partial charge in [0.1, 0.15) is 0 Å². The zero-order chi connectivity index (χ0) is 10.1. The molecule has 0 bridgehead atoms. The Morgan fingerprint density at radius 3 is 2.64 bits per heavy atom. The van der Waals surface area contributed by atoms with Gasteiger partial charge in [0.15, 0.2) is 0 Å². The van der Waals surface area contributed by atoms with Crippen molar-refractivity contribution in [1.29, 1.82) is 0 Å². The summed E-state index contributed by atoms with van der Waals surface area (Å²) in [6, 6.07) is 9.49. The van der Waals surface area contributed by atoms with E-state index in [1.54, 1.807) is 5.56 Å². The molecule has 0 amide bonds. The maximum absolute atomic E-state index is 2.36. The van der Waals surface area contributed by atoms with Crippen molar-refractivity contribution >= 4 is 0 Å². The van der Waals surface area contributed by atoms with E-state index in [4.69, 9.17) is 0 Å². The van der Waals surface area contributed by atoms with Crippen LogP contribution in [-0.2, 0) is 6.42 Å². The Labute approximate surface area is 86.7 Å². The molecule has 2 rings (SSSR count). The van der Waals surface area contributed by atoms with Gasteiger partial charge in [-0.3, -0.25) is 0 Å². The van der Waals surface area contributed by atoms with Gasteiger partial charge in [-0.1, -0.05) is 31.2 Å². The van der Waals surface area contributed by atoms with Crippen molar-refractivity contribution in [2.75, 3.05) is 14.1 Å². The van der Waals surface area contributed by atoms with Gasteiger partial charge in [0.25, 0.3) is 0 Å². The molecule has 1 aliphatic carbocycles. The highest BCUT2D eigenvalue weighted by atomic mass is 15.1. The molecule has 14 heavy (non-hydrogen) atoms. The van der Waals surface area contributed by atoms with Crippen LogP contribution in [-0.4, -0.2) is 19.0 Å². The van der Waals surface area contributed by atoms with Crippen LogP contribution in [0.5, 0.6) is 0 Å². The fourth-order valence-electron chi connectivity index (χ4n) is 2.69.